The number of benzene rings is 2. The second-order valence-electron chi connectivity index (χ2n) is 9.57. The van der Waals surface area contributed by atoms with Gasteiger partial charge in [-0.2, -0.15) is 0 Å². The molecule has 3 heterocycles. The zero-order valence-electron chi connectivity index (χ0n) is 20.9. The lowest BCUT2D eigenvalue weighted by molar-refractivity contribution is 0.0733. The van der Waals surface area contributed by atoms with Crippen LogP contribution in [-0.2, 0) is 30.5 Å². The molecule has 0 saturated carbocycles. The first-order valence-electron chi connectivity index (χ1n) is 12.9. The molecule has 2 aromatic carbocycles. The van der Waals surface area contributed by atoms with E-state index in [-0.39, 0.29) is 11.7 Å². The van der Waals surface area contributed by atoms with Crippen molar-refractivity contribution in [2.24, 2.45) is 0 Å². The van der Waals surface area contributed by atoms with Gasteiger partial charge < -0.3 is 14.5 Å². The minimum Gasteiger partial charge on any atom is -0.378 e. The van der Waals surface area contributed by atoms with Gasteiger partial charge in [0.2, 0.25) is 0 Å². The van der Waals surface area contributed by atoms with Crippen molar-refractivity contribution in [1.82, 2.24) is 14.9 Å². The molecule has 0 atom stereocenters. The molecule has 188 valence electrons. The number of aromatic nitrogens is 2. The lowest BCUT2D eigenvalue weighted by Crippen LogP contribution is -2.41. The highest BCUT2D eigenvalue weighted by Gasteiger charge is 2.29. The molecule has 0 unspecified atom stereocenters. The quantitative estimate of drug-likeness (QED) is 0.487. The molecule has 1 saturated heterocycles. The molecular weight excluding hydrogens is 455 g/mol. The van der Waals surface area contributed by atoms with Crippen molar-refractivity contribution < 1.29 is 13.9 Å². The highest BCUT2D eigenvalue weighted by Crippen LogP contribution is 2.29. The van der Waals surface area contributed by atoms with E-state index in [4.69, 9.17) is 14.7 Å². The summed E-state index contributed by atoms with van der Waals surface area (Å²) in [5, 5.41) is 0. The number of halogens is 1. The van der Waals surface area contributed by atoms with E-state index in [1.165, 1.54) is 17.7 Å². The average Bonchev–Trinajstić information content (AvgIpc) is 2.91. The molecule has 0 aliphatic carbocycles. The van der Waals surface area contributed by atoms with E-state index in [1.54, 1.807) is 6.07 Å². The van der Waals surface area contributed by atoms with Gasteiger partial charge >= 0.3 is 0 Å². The number of ether oxygens (including phenoxy) is 1. The number of nitrogens with zero attached hydrogens (tertiary/aromatic N) is 4. The third-order valence-corrected chi connectivity index (χ3v) is 6.95. The van der Waals surface area contributed by atoms with Crippen molar-refractivity contribution in [3.05, 3.63) is 88.1 Å². The van der Waals surface area contributed by atoms with E-state index in [0.29, 0.717) is 45.0 Å². The van der Waals surface area contributed by atoms with Crippen LogP contribution < -0.4 is 4.90 Å². The third-order valence-electron chi connectivity index (χ3n) is 6.95. The van der Waals surface area contributed by atoms with Crippen molar-refractivity contribution in [2.45, 2.75) is 45.6 Å². The summed E-state index contributed by atoms with van der Waals surface area (Å²) in [4.78, 5) is 27.3. The van der Waals surface area contributed by atoms with Gasteiger partial charge in [-0.25, -0.2) is 14.4 Å². The van der Waals surface area contributed by atoms with Crippen molar-refractivity contribution in [2.75, 3.05) is 37.7 Å². The van der Waals surface area contributed by atoms with Gasteiger partial charge in [-0.15, -0.1) is 0 Å². The first kappa shape index (κ1) is 24.4. The molecule has 0 bridgehead atoms. The number of carbonyl (C=O) groups excluding carboxylic acids is 1. The van der Waals surface area contributed by atoms with Crippen LogP contribution in [0.1, 0.15) is 58.3 Å². The van der Waals surface area contributed by atoms with Gasteiger partial charge in [-0.05, 0) is 48.2 Å². The van der Waals surface area contributed by atoms with Crippen LogP contribution in [0.3, 0.4) is 0 Å². The Morgan fingerprint density at radius 1 is 1.03 bits per heavy atom. The van der Waals surface area contributed by atoms with Crippen molar-refractivity contribution in [3.63, 3.8) is 0 Å². The zero-order chi connectivity index (χ0) is 24.9. The number of aryl methyl sites for hydroxylation is 1. The van der Waals surface area contributed by atoms with Crippen molar-refractivity contribution in [1.29, 1.82) is 0 Å². The Kier molecular flexibility index (Phi) is 7.56. The van der Waals surface area contributed by atoms with Crippen LogP contribution in [-0.4, -0.2) is 53.6 Å². The second kappa shape index (κ2) is 11.2. The molecule has 1 amide bonds. The molecule has 2 aliphatic heterocycles. The Labute approximate surface area is 212 Å². The molecule has 0 N–H and O–H groups in total. The fourth-order valence-corrected chi connectivity index (χ4v) is 4.94. The average molecular weight is 489 g/mol. The number of morpholine rings is 1. The highest BCUT2D eigenvalue weighted by molar-refractivity contribution is 5.94. The molecule has 7 heteroatoms. The highest BCUT2D eigenvalue weighted by atomic mass is 19.1. The molecule has 6 nitrogen and oxygen atoms in total. The number of hydrogen-bond acceptors (Lipinski definition) is 5. The predicted octanol–water partition coefficient (Wildman–Crippen LogP) is 4.58. The maximum absolute atomic E-state index is 13.7. The van der Waals surface area contributed by atoms with Crippen molar-refractivity contribution >= 4 is 11.7 Å². The van der Waals surface area contributed by atoms with Gasteiger partial charge in [0, 0.05) is 43.6 Å². The minimum atomic E-state index is -0.258. The van der Waals surface area contributed by atoms with Crippen LogP contribution in [0.25, 0.3) is 0 Å². The molecule has 2 aliphatic rings. The van der Waals surface area contributed by atoms with Gasteiger partial charge in [-0.1, -0.05) is 37.6 Å². The van der Waals surface area contributed by atoms with Gasteiger partial charge in [0.05, 0.1) is 25.5 Å². The third kappa shape index (κ3) is 5.57. The monoisotopic (exact) mass is 488 g/mol. The van der Waals surface area contributed by atoms with Crippen LogP contribution in [0.4, 0.5) is 10.2 Å². The summed E-state index contributed by atoms with van der Waals surface area (Å²) in [5.74, 6) is 1.34. The van der Waals surface area contributed by atoms with Gasteiger partial charge in [0.25, 0.3) is 5.91 Å². The lowest BCUT2D eigenvalue weighted by Gasteiger charge is -2.34. The topological polar surface area (TPSA) is 58.6 Å². The molecule has 36 heavy (non-hydrogen) atoms. The Hall–Kier alpha value is -3.32. The van der Waals surface area contributed by atoms with E-state index in [0.717, 1.165) is 60.6 Å². The summed E-state index contributed by atoms with van der Waals surface area (Å²) in [6.45, 7) is 6.06. The molecular formula is C29H33FN4O2. The van der Waals surface area contributed by atoms with Crippen LogP contribution in [0, 0.1) is 5.82 Å². The predicted molar refractivity (Wildman–Crippen MR) is 138 cm³/mol. The van der Waals surface area contributed by atoms with Crippen LogP contribution in [0.5, 0.6) is 0 Å². The first-order valence-corrected chi connectivity index (χ1v) is 12.9. The Bertz CT molecular complexity index is 1210. The molecule has 5 rings (SSSR count). The number of hydrogen-bond donors (Lipinski definition) is 0. The molecule has 3 aromatic rings. The SMILES string of the molecule is CCCCc1ccc(C(=O)N2CCc3nc(Cc4cccc(F)c4)nc(N4CCOCC4)c3C2)cc1. The fourth-order valence-electron chi connectivity index (χ4n) is 4.94. The van der Waals surface area contributed by atoms with E-state index >= 15 is 0 Å². The Balaban J connectivity index is 1.40. The second-order valence-corrected chi connectivity index (χ2v) is 9.57. The van der Waals surface area contributed by atoms with E-state index < -0.39 is 0 Å². The molecule has 0 radical (unpaired) electrons. The Morgan fingerprint density at radius 3 is 2.58 bits per heavy atom. The largest absolute Gasteiger partial charge is 0.378 e. The smallest absolute Gasteiger partial charge is 0.254 e. The molecule has 1 aromatic heterocycles. The summed E-state index contributed by atoms with van der Waals surface area (Å²) in [5.41, 5.74) is 4.83. The number of unbranched alkanes of at least 4 members (excludes halogenated alkanes) is 1. The summed E-state index contributed by atoms with van der Waals surface area (Å²) >= 11 is 0. The maximum Gasteiger partial charge on any atom is 0.254 e. The molecule has 1 fully saturated rings. The van der Waals surface area contributed by atoms with E-state index in [9.17, 15) is 9.18 Å². The maximum atomic E-state index is 13.7. The van der Waals surface area contributed by atoms with E-state index in [1.807, 2.05) is 23.1 Å². The number of amides is 1. The summed E-state index contributed by atoms with van der Waals surface area (Å²) < 4.78 is 19.3. The van der Waals surface area contributed by atoms with Gasteiger partial charge in [0.15, 0.2) is 0 Å². The minimum absolute atomic E-state index is 0.0412. The van der Waals surface area contributed by atoms with Crippen molar-refractivity contribution in [3.8, 4) is 0 Å². The van der Waals surface area contributed by atoms with E-state index in [2.05, 4.69) is 24.0 Å². The number of fused-ring (bicyclic) bond motifs is 1. The number of anilines is 1. The standard InChI is InChI=1S/C29H33FN4O2/c1-2-3-5-21-8-10-23(11-9-21)29(35)34-13-12-26-25(20-34)28(33-14-16-36-17-15-33)32-27(31-26)19-22-6-4-7-24(30)18-22/h4,6-11,18H,2-3,5,12-17,19-20H2,1H3. The summed E-state index contributed by atoms with van der Waals surface area (Å²) in [7, 11) is 0. The summed E-state index contributed by atoms with van der Waals surface area (Å²) in [6, 6.07) is 14.6. The fraction of sp³-hybridized carbons (Fsp3) is 0.414. The zero-order valence-corrected chi connectivity index (χ0v) is 20.9. The lowest BCUT2D eigenvalue weighted by atomic mass is 10.0. The normalized spacial score (nSPS) is 15.6. The van der Waals surface area contributed by atoms with Crippen LogP contribution in [0.15, 0.2) is 48.5 Å². The summed E-state index contributed by atoms with van der Waals surface area (Å²) in [6.07, 6.45) is 4.49. The number of carbonyl (C=O) groups is 1. The first-order chi connectivity index (χ1) is 17.6. The van der Waals surface area contributed by atoms with Crippen LogP contribution in [0.2, 0.25) is 0 Å². The Morgan fingerprint density at radius 2 is 1.83 bits per heavy atom. The van der Waals surface area contributed by atoms with Crippen LogP contribution >= 0.6 is 0 Å². The molecule has 0 spiro atoms. The van der Waals surface area contributed by atoms with Gasteiger partial charge in [0.1, 0.15) is 17.5 Å². The number of rotatable bonds is 7. The van der Waals surface area contributed by atoms with Gasteiger partial charge in [-0.3, -0.25) is 4.79 Å².